The normalized spacial score (nSPS) is 26.1. The van der Waals surface area contributed by atoms with Crippen LogP contribution in [0.1, 0.15) is 31.2 Å². The van der Waals surface area contributed by atoms with Gasteiger partial charge in [0.25, 0.3) is 0 Å². The summed E-state index contributed by atoms with van der Waals surface area (Å²) in [6.07, 6.45) is 3.98. The summed E-state index contributed by atoms with van der Waals surface area (Å²) in [4.78, 5) is 24.0. The monoisotopic (exact) mass is 319 g/mol. The van der Waals surface area contributed by atoms with E-state index in [2.05, 4.69) is 0 Å². The van der Waals surface area contributed by atoms with Crippen molar-refractivity contribution in [2.24, 2.45) is 11.8 Å². The molecule has 2 unspecified atom stereocenters. The van der Waals surface area contributed by atoms with Gasteiger partial charge in [-0.2, -0.15) is 0 Å². The Morgan fingerprint density at radius 2 is 2.17 bits per heavy atom. The van der Waals surface area contributed by atoms with E-state index < -0.39 is 23.2 Å². The molecule has 0 aromatic heterocycles. The van der Waals surface area contributed by atoms with Crippen molar-refractivity contribution >= 4 is 11.9 Å². The van der Waals surface area contributed by atoms with Crippen molar-refractivity contribution in [1.82, 2.24) is 5.48 Å². The zero-order valence-corrected chi connectivity index (χ0v) is 13.1. The number of ether oxygens (including phenoxy) is 2. The molecule has 3 rings (SSSR count). The highest BCUT2D eigenvalue weighted by atomic mass is 16.5. The van der Waals surface area contributed by atoms with Gasteiger partial charge < -0.3 is 9.47 Å². The minimum atomic E-state index is -1.03. The predicted molar refractivity (Wildman–Crippen MR) is 81.0 cm³/mol. The van der Waals surface area contributed by atoms with Crippen LogP contribution in [0, 0.1) is 11.8 Å². The predicted octanol–water partition coefficient (Wildman–Crippen LogP) is 1.80. The summed E-state index contributed by atoms with van der Waals surface area (Å²) < 4.78 is 10.7. The number of methoxy groups -OCH3 is 1. The van der Waals surface area contributed by atoms with Crippen LogP contribution in [-0.4, -0.2) is 30.8 Å². The minimum absolute atomic E-state index is 0.318. The van der Waals surface area contributed by atoms with Gasteiger partial charge in [-0.15, -0.1) is 0 Å². The molecule has 2 aliphatic carbocycles. The van der Waals surface area contributed by atoms with Crippen molar-refractivity contribution in [1.29, 1.82) is 0 Å². The maximum absolute atomic E-state index is 12.2. The minimum Gasteiger partial charge on any atom is -0.493 e. The van der Waals surface area contributed by atoms with Crippen LogP contribution < -0.4 is 10.2 Å². The Balaban J connectivity index is 1.80. The van der Waals surface area contributed by atoms with Crippen molar-refractivity contribution in [3.63, 3.8) is 0 Å². The average Bonchev–Trinajstić information content (AvgIpc) is 3.29. The average molecular weight is 319 g/mol. The van der Waals surface area contributed by atoms with E-state index in [0.717, 1.165) is 0 Å². The van der Waals surface area contributed by atoms with E-state index in [4.69, 9.17) is 14.7 Å². The van der Waals surface area contributed by atoms with Crippen molar-refractivity contribution in [2.75, 3.05) is 13.7 Å². The molecule has 124 valence electrons. The van der Waals surface area contributed by atoms with Crippen molar-refractivity contribution in [3.8, 4) is 5.75 Å². The third-order valence-electron chi connectivity index (χ3n) is 5.00. The smallest absolute Gasteiger partial charge is 0.317 e. The first-order valence-corrected chi connectivity index (χ1v) is 7.87. The molecule has 2 aliphatic rings. The molecule has 0 heterocycles. The molecular weight excluding hydrogens is 298 g/mol. The zero-order chi connectivity index (χ0) is 16.4. The Morgan fingerprint density at radius 1 is 1.39 bits per heavy atom. The van der Waals surface area contributed by atoms with Gasteiger partial charge in [-0.1, -0.05) is 18.6 Å². The van der Waals surface area contributed by atoms with E-state index in [1.807, 2.05) is 12.1 Å². The van der Waals surface area contributed by atoms with Gasteiger partial charge in [0, 0.05) is 0 Å². The number of esters is 1. The van der Waals surface area contributed by atoms with Gasteiger partial charge in [0.2, 0.25) is 5.91 Å². The molecule has 0 spiro atoms. The van der Waals surface area contributed by atoms with Crippen molar-refractivity contribution < 1.29 is 24.3 Å². The Bertz CT molecular complexity index is 613. The molecule has 6 heteroatoms. The maximum Gasteiger partial charge on any atom is 0.317 e. The number of carbonyl (C=O) groups is 2. The lowest BCUT2D eigenvalue weighted by Crippen LogP contribution is -2.31. The summed E-state index contributed by atoms with van der Waals surface area (Å²) in [5.41, 5.74) is 1.28. The fraction of sp³-hybridized carbons (Fsp3) is 0.529. The molecule has 0 aliphatic heterocycles. The highest BCUT2D eigenvalue weighted by Gasteiger charge is 2.65. The maximum atomic E-state index is 12.2. The zero-order valence-electron chi connectivity index (χ0n) is 13.1. The van der Waals surface area contributed by atoms with Gasteiger partial charge >= 0.3 is 5.97 Å². The number of rotatable bonds is 6. The molecule has 2 atom stereocenters. The van der Waals surface area contributed by atoms with E-state index in [-0.39, 0.29) is 0 Å². The molecule has 2 fully saturated rings. The molecule has 1 aromatic rings. The molecule has 2 N–H and O–H groups in total. The first kappa shape index (κ1) is 15.8. The van der Waals surface area contributed by atoms with E-state index >= 15 is 0 Å². The van der Waals surface area contributed by atoms with E-state index in [0.29, 0.717) is 30.3 Å². The fourth-order valence-corrected chi connectivity index (χ4v) is 3.24. The summed E-state index contributed by atoms with van der Waals surface area (Å²) >= 11 is 0. The first-order chi connectivity index (χ1) is 11.1. The highest BCUT2D eigenvalue weighted by Crippen LogP contribution is 2.55. The third kappa shape index (κ3) is 2.79. The number of hydroxylamine groups is 1. The lowest BCUT2D eigenvalue weighted by molar-refractivity contribution is -0.146. The van der Waals surface area contributed by atoms with Crippen LogP contribution in [0.5, 0.6) is 5.75 Å². The van der Waals surface area contributed by atoms with Gasteiger partial charge in [-0.3, -0.25) is 14.8 Å². The standard InChI is InChI=1S/C17H21NO5/c1-22-16(20)17(9-14(17)15(19)18-21)12-6-3-7-13(8-12)23-10-11-4-2-5-11/h3,6-8,11,14,21H,2,4-5,9-10H2,1H3,(H,18,19). The van der Waals surface area contributed by atoms with E-state index in [9.17, 15) is 9.59 Å². The topological polar surface area (TPSA) is 84.9 Å². The molecule has 23 heavy (non-hydrogen) atoms. The Morgan fingerprint density at radius 3 is 2.78 bits per heavy atom. The van der Waals surface area contributed by atoms with Crippen LogP contribution in [0.25, 0.3) is 0 Å². The Labute approximate surface area is 134 Å². The van der Waals surface area contributed by atoms with Crippen molar-refractivity contribution in [3.05, 3.63) is 29.8 Å². The molecule has 6 nitrogen and oxygen atoms in total. The summed E-state index contributed by atoms with van der Waals surface area (Å²) in [5.74, 6) is -0.366. The number of benzene rings is 1. The number of carbonyl (C=O) groups excluding carboxylic acids is 2. The Kier molecular flexibility index (Phi) is 4.26. The van der Waals surface area contributed by atoms with Gasteiger partial charge in [0.05, 0.1) is 19.6 Å². The molecule has 0 bridgehead atoms. The second-order valence-corrected chi connectivity index (χ2v) is 6.33. The summed E-state index contributed by atoms with van der Waals surface area (Å²) in [6, 6.07) is 7.23. The quantitative estimate of drug-likeness (QED) is 0.474. The number of hydrogen-bond acceptors (Lipinski definition) is 5. The van der Waals surface area contributed by atoms with Crippen LogP contribution in [0.2, 0.25) is 0 Å². The summed E-state index contributed by atoms with van der Waals surface area (Å²) in [7, 11) is 1.30. The van der Waals surface area contributed by atoms with Crippen molar-refractivity contribution in [2.45, 2.75) is 31.1 Å². The van der Waals surface area contributed by atoms with Crippen LogP contribution in [0.15, 0.2) is 24.3 Å². The Hall–Kier alpha value is -2.08. The number of amides is 1. The van der Waals surface area contributed by atoms with E-state index in [1.54, 1.807) is 17.6 Å². The lowest BCUT2D eigenvalue weighted by Gasteiger charge is -2.25. The molecule has 1 aromatic carbocycles. The molecular formula is C17H21NO5. The lowest BCUT2D eigenvalue weighted by atomic mass is 9.86. The summed E-state index contributed by atoms with van der Waals surface area (Å²) in [6.45, 7) is 0.676. The van der Waals surface area contributed by atoms with Crippen LogP contribution >= 0.6 is 0 Å². The van der Waals surface area contributed by atoms with Gasteiger partial charge in [-0.05, 0) is 42.9 Å². The largest absolute Gasteiger partial charge is 0.493 e. The number of nitrogens with one attached hydrogen (secondary N) is 1. The fourth-order valence-electron chi connectivity index (χ4n) is 3.24. The van der Waals surface area contributed by atoms with Crippen LogP contribution in [0.3, 0.4) is 0 Å². The molecule has 2 saturated carbocycles. The number of hydrogen-bond donors (Lipinski definition) is 2. The molecule has 1 amide bonds. The van der Waals surface area contributed by atoms with Crippen LogP contribution in [0.4, 0.5) is 0 Å². The first-order valence-electron chi connectivity index (χ1n) is 7.87. The van der Waals surface area contributed by atoms with Gasteiger partial charge in [0.1, 0.15) is 11.2 Å². The second-order valence-electron chi connectivity index (χ2n) is 6.33. The SMILES string of the molecule is COC(=O)C1(c2cccc(OCC3CCC3)c2)CC1C(=O)NO. The van der Waals surface area contributed by atoms with Crippen LogP contribution in [-0.2, 0) is 19.7 Å². The second kappa shape index (κ2) is 6.20. The summed E-state index contributed by atoms with van der Waals surface area (Å²) in [5, 5.41) is 8.84. The van der Waals surface area contributed by atoms with E-state index in [1.165, 1.54) is 26.4 Å². The van der Waals surface area contributed by atoms with Gasteiger partial charge in [0.15, 0.2) is 0 Å². The molecule has 0 radical (unpaired) electrons. The van der Waals surface area contributed by atoms with Gasteiger partial charge in [-0.25, -0.2) is 5.48 Å². The highest BCUT2D eigenvalue weighted by molar-refractivity contribution is 5.97. The third-order valence-corrected chi connectivity index (χ3v) is 5.00. The molecule has 0 saturated heterocycles.